The SMILES string of the molecule is CCOC(=O)C1=NN(c2ccccc2)[C@H](c2ccccc2OCc2c(Cl)cccc2Cl)N1c1ccc(N2CCOCC2)cc1. The molecule has 1 fully saturated rings. The standard InChI is InChI=1S/C34H32Cl2N4O4/c1-2-43-34(41)32-37-40(26-9-4-3-5-10-26)33(39(32)25-17-15-24(16-18-25)38-19-21-42-22-20-38)27-11-6-7-14-31(27)44-23-28-29(35)12-8-13-30(28)36/h3-18,33H,2,19-23H2,1H3/t33-/m1/s1. The van der Waals surface area contributed by atoms with Crippen LogP contribution in [-0.4, -0.2) is 44.7 Å². The van der Waals surface area contributed by atoms with Gasteiger partial charge in [-0.15, -0.1) is 5.10 Å². The van der Waals surface area contributed by atoms with Gasteiger partial charge < -0.3 is 19.1 Å². The van der Waals surface area contributed by atoms with E-state index in [4.69, 9.17) is 42.5 Å². The number of benzene rings is 4. The van der Waals surface area contributed by atoms with Gasteiger partial charge in [-0.1, -0.05) is 65.7 Å². The molecule has 4 aromatic rings. The van der Waals surface area contributed by atoms with E-state index in [9.17, 15) is 4.79 Å². The summed E-state index contributed by atoms with van der Waals surface area (Å²) in [4.78, 5) is 17.7. The molecule has 0 saturated carbocycles. The highest BCUT2D eigenvalue weighted by molar-refractivity contribution is 6.42. The summed E-state index contributed by atoms with van der Waals surface area (Å²) in [5.74, 6) is 0.253. The second-order valence-electron chi connectivity index (χ2n) is 10.2. The van der Waals surface area contributed by atoms with E-state index in [0.717, 1.165) is 35.7 Å². The van der Waals surface area contributed by atoms with Gasteiger partial charge in [-0.05, 0) is 61.5 Å². The van der Waals surface area contributed by atoms with Crippen molar-refractivity contribution in [1.82, 2.24) is 0 Å². The number of morpholine rings is 1. The summed E-state index contributed by atoms with van der Waals surface area (Å²) >= 11 is 12.9. The molecule has 2 aliphatic heterocycles. The molecule has 0 N–H and O–H groups in total. The number of para-hydroxylation sites is 2. The molecule has 0 aromatic heterocycles. The predicted molar refractivity (Wildman–Crippen MR) is 175 cm³/mol. The van der Waals surface area contributed by atoms with Crippen LogP contribution in [0.1, 0.15) is 24.2 Å². The fourth-order valence-electron chi connectivity index (χ4n) is 5.37. The molecule has 44 heavy (non-hydrogen) atoms. The van der Waals surface area contributed by atoms with Gasteiger partial charge in [-0.2, -0.15) is 0 Å². The van der Waals surface area contributed by atoms with E-state index in [1.54, 1.807) is 25.1 Å². The third-order valence-corrected chi connectivity index (χ3v) is 8.23. The first kappa shape index (κ1) is 29.8. The lowest BCUT2D eigenvalue weighted by atomic mass is 10.1. The lowest BCUT2D eigenvalue weighted by Crippen LogP contribution is -2.39. The number of ether oxygens (including phenoxy) is 3. The number of halogens is 2. The summed E-state index contributed by atoms with van der Waals surface area (Å²) in [6.45, 7) is 5.19. The fraction of sp³-hybridized carbons (Fsp3) is 0.235. The van der Waals surface area contributed by atoms with Crippen LogP contribution in [-0.2, 0) is 20.9 Å². The molecular weight excluding hydrogens is 599 g/mol. The van der Waals surface area contributed by atoms with Crippen molar-refractivity contribution in [2.45, 2.75) is 19.7 Å². The van der Waals surface area contributed by atoms with E-state index in [-0.39, 0.29) is 19.0 Å². The maximum absolute atomic E-state index is 13.5. The highest BCUT2D eigenvalue weighted by Gasteiger charge is 2.42. The summed E-state index contributed by atoms with van der Waals surface area (Å²) in [5.41, 5.74) is 4.15. The number of hydrogen-bond acceptors (Lipinski definition) is 8. The Labute approximate surface area is 266 Å². The number of nitrogens with zero attached hydrogens (tertiary/aromatic N) is 4. The number of hydrogen-bond donors (Lipinski definition) is 0. The Hall–Kier alpha value is -4.24. The highest BCUT2D eigenvalue weighted by Crippen LogP contribution is 2.43. The second kappa shape index (κ2) is 13.6. The Morgan fingerprint density at radius 2 is 1.50 bits per heavy atom. The molecule has 2 aliphatic rings. The summed E-state index contributed by atoms with van der Waals surface area (Å²) in [6.07, 6.45) is -0.580. The molecule has 0 amide bonds. The van der Waals surface area contributed by atoms with Crippen LogP contribution < -0.4 is 19.5 Å². The van der Waals surface area contributed by atoms with Crippen LogP contribution in [0.15, 0.2) is 102 Å². The number of rotatable bonds is 9. The largest absolute Gasteiger partial charge is 0.488 e. The van der Waals surface area contributed by atoms with Crippen molar-refractivity contribution in [2.24, 2.45) is 5.10 Å². The van der Waals surface area contributed by atoms with Crippen LogP contribution in [0.25, 0.3) is 0 Å². The normalized spacial score (nSPS) is 16.6. The Kier molecular flexibility index (Phi) is 9.21. The van der Waals surface area contributed by atoms with E-state index < -0.39 is 12.1 Å². The number of carbonyl (C=O) groups excluding carboxylic acids is 1. The molecule has 0 radical (unpaired) electrons. The van der Waals surface area contributed by atoms with Crippen molar-refractivity contribution in [1.29, 1.82) is 0 Å². The molecule has 8 nitrogen and oxygen atoms in total. The van der Waals surface area contributed by atoms with Crippen LogP contribution in [0, 0.1) is 0 Å². The van der Waals surface area contributed by atoms with Crippen molar-refractivity contribution >= 4 is 52.1 Å². The van der Waals surface area contributed by atoms with Crippen molar-refractivity contribution in [3.8, 4) is 5.75 Å². The minimum atomic E-state index is -0.580. The van der Waals surface area contributed by atoms with E-state index in [0.29, 0.717) is 34.6 Å². The Morgan fingerprint density at radius 1 is 0.841 bits per heavy atom. The Balaban J connectivity index is 1.43. The van der Waals surface area contributed by atoms with Gasteiger partial charge in [0, 0.05) is 45.6 Å². The number of amidine groups is 1. The monoisotopic (exact) mass is 630 g/mol. The zero-order chi connectivity index (χ0) is 30.5. The molecule has 226 valence electrons. The summed E-state index contributed by atoms with van der Waals surface area (Å²) < 4.78 is 17.4. The Bertz CT molecular complexity index is 1610. The Morgan fingerprint density at radius 3 is 2.20 bits per heavy atom. The number of carbonyl (C=O) groups is 1. The minimum absolute atomic E-state index is 0.160. The molecule has 4 aromatic carbocycles. The molecule has 2 heterocycles. The molecular formula is C34H32Cl2N4O4. The van der Waals surface area contributed by atoms with Crippen LogP contribution in [0.2, 0.25) is 10.0 Å². The molecule has 1 atom stereocenters. The van der Waals surface area contributed by atoms with E-state index in [1.807, 2.05) is 76.6 Å². The van der Waals surface area contributed by atoms with Crippen LogP contribution in [0.4, 0.5) is 17.1 Å². The van der Waals surface area contributed by atoms with Crippen molar-refractivity contribution in [3.63, 3.8) is 0 Å². The molecule has 0 bridgehead atoms. The third-order valence-electron chi connectivity index (χ3n) is 7.52. The summed E-state index contributed by atoms with van der Waals surface area (Å²) in [5, 5.41) is 7.74. The van der Waals surface area contributed by atoms with Gasteiger partial charge in [0.15, 0.2) is 6.17 Å². The predicted octanol–water partition coefficient (Wildman–Crippen LogP) is 7.31. The highest BCUT2D eigenvalue weighted by atomic mass is 35.5. The first-order valence-corrected chi connectivity index (χ1v) is 15.3. The topological polar surface area (TPSA) is 66.8 Å². The van der Waals surface area contributed by atoms with Gasteiger partial charge in [0.05, 0.1) is 25.5 Å². The van der Waals surface area contributed by atoms with Crippen molar-refractivity contribution in [3.05, 3.63) is 118 Å². The van der Waals surface area contributed by atoms with E-state index in [2.05, 4.69) is 17.0 Å². The molecule has 6 rings (SSSR count). The first-order chi connectivity index (χ1) is 21.5. The van der Waals surface area contributed by atoms with Crippen molar-refractivity contribution in [2.75, 3.05) is 47.7 Å². The first-order valence-electron chi connectivity index (χ1n) is 14.5. The lowest BCUT2D eigenvalue weighted by molar-refractivity contribution is -0.135. The number of anilines is 3. The molecule has 1 saturated heterocycles. The van der Waals surface area contributed by atoms with Crippen molar-refractivity contribution < 1.29 is 19.0 Å². The maximum Gasteiger partial charge on any atom is 0.376 e. The lowest BCUT2D eigenvalue weighted by Gasteiger charge is -2.33. The zero-order valence-electron chi connectivity index (χ0n) is 24.2. The van der Waals surface area contributed by atoms with Crippen LogP contribution in [0.5, 0.6) is 5.75 Å². The average molecular weight is 632 g/mol. The van der Waals surface area contributed by atoms with Gasteiger partial charge in [-0.3, -0.25) is 4.90 Å². The van der Waals surface area contributed by atoms with Gasteiger partial charge in [0.2, 0.25) is 5.84 Å². The van der Waals surface area contributed by atoms with E-state index in [1.165, 1.54) is 0 Å². The molecule has 0 aliphatic carbocycles. The smallest absolute Gasteiger partial charge is 0.376 e. The van der Waals surface area contributed by atoms with Gasteiger partial charge >= 0.3 is 5.97 Å². The van der Waals surface area contributed by atoms with Crippen LogP contribution >= 0.6 is 23.2 Å². The number of hydrazone groups is 1. The molecule has 0 unspecified atom stereocenters. The second-order valence-corrected chi connectivity index (χ2v) is 11.0. The fourth-order valence-corrected chi connectivity index (χ4v) is 5.88. The van der Waals surface area contributed by atoms with Gasteiger partial charge in [0.25, 0.3) is 0 Å². The average Bonchev–Trinajstić information content (AvgIpc) is 3.46. The molecule has 0 spiro atoms. The minimum Gasteiger partial charge on any atom is -0.488 e. The number of esters is 1. The zero-order valence-corrected chi connectivity index (χ0v) is 25.7. The maximum atomic E-state index is 13.5. The van der Waals surface area contributed by atoms with Crippen LogP contribution in [0.3, 0.4) is 0 Å². The summed E-state index contributed by atoms with van der Waals surface area (Å²) in [6, 6.07) is 31.0. The van der Waals surface area contributed by atoms with E-state index >= 15 is 0 Å². The quantitative estimate of drug-likeness (QED) is 0.180. The molecule has 10 heteroatoms. The van der Waals surface area contributed by atoms with Gasteiger partial charge in [-0.25, -0.2) is 9.80 Å². The third kappa shape index (κ3) is 6.19. The summed E-state index contributed by atoms with van der Waals surface area (Å²) in [7, 11) is 0. The van der Waals surface area contributed by atoms with Gasteiger partial charge in [0.1, 0.15) is 12.4 Å².